The molecule has 0 spiro atoms. The second-order valence-corrected chi connectivity index (χ2v) is 7.10. The lowest BCUT2D eigenvalue weighted by Gasteiger charge is -2.50. The molecule has 5 heteroatoms. The van der Waals surface area contributed by atoms with Crippen molar-refractivity contribution in [1.82, 2.24) is 14.9 Å². The molecule has 116 valence electrons. The molecule has 0 amide bonds. The zero-order chi connectivity index (χ0) is 15.2. The van der Waals surface area contributed by atoms with Gasteiger partial charge in [-0.2, -0.15) is 0 Å². The van der Waals surface area contributed by atoms with Crippen LogP contribution in [0.25, 0.3) is 0 Å². The number of fused-ring (bicyclic) bond motifs is 1. The summed E-state index contributed by atoms with van der Waals surface area (Å²) in [5.41, 5.74) is 0.177. The third-order valence-electron chi connectivity index (χ3n) is 5.16. The number of aryl methyl sites for hydroxylation is 1. The summed E-state index contributed by atoms with van der Waals surface area (Å²) in [6.07, 6.45) is 5.97. The third-order valence-corrected chi connectivity index (χ3v) is 5.16. The van der Waals surface area contributed by atoms with Crippen molar-refractivity contribution in [2.75, 3.05) is 18.5 Å². The quantitative estimate of drug-likeness (QED) is 0.839. The largest absolute Gasteiger partial charge is 0.354 e. The van der Waals surface area contributed by atoms with Crippen molar-refractivity contribution in [3.63, 3.8) is 0 Å². The van der Waals surface area contributed by atoms with Gasteiger partial charge < -0.3 is 4.90 Å². The molecule has 1 aromatic heterocycles. The van der Waals surface area contributed by atoms with E-state index in [1.165, 1.54) is 25.6 Å². The Kier molecular flexibility index (Phi) is 3.64. The summed E-state index contributed by atoms with van der Waals surface area (Å²) in [7, 11) is 1.97. The van der Waals surface area contributed by atoms with Crippen molar-refractivity contribution >= 4 is 5.82 Å². The van der Waals surface area contributed by atoms with Crippen LogP contribution in [0.1, 0.15) is 45.4 Å². The van der Waals surface area contributed by atoms with Crippen molar-refractivity contribution in [2.45, 2.75) is 64.1 Å². The minimum Gasteiger partial charge on any atom is -0.354 e. The molecule has 2 aliphatic rings. The lowest BCUT2D eigenvalue weighted by atomic mass is 9.83. The molecule has 0 radical (unpaired) electrons. The number of hydrogen-bond acceptors (Lipinski definition) is 4. The van der Waals surface area contributed by atoms with Gasteiger partial charge in [0.25, 0.3) is 0 Å². The highest BCUT2D eigenvalue weighted by atomic mass is 19.1. The normalized spacial score (nSPS) is 28.4. The molecule has 2 saturated heterocycles. The fraction of sp³-hybridized carbons (Fsp3) is 0.750. The van der Waals surface area contributed by atoms with Crippen LogP contribution in [0.3, 0.4) is 0 Å². The van der Waals surface area contributed by atoms with Crippen molar-refractivity contribution in [1.29, 1.82) is 0 Å². The first-order valence-corrected chi connectivity index (χ1v) is 7.87. The van der Waals surface area contributed by atoms with Crippen LogP contribution in [-0.2, 0) is 0 Å². The first kappa shape index (κ1) is 14.7. The Balaban J connectivity index is 1.84. The number of hydrogen-bond donors (Lipinski definition) is 0. The molecular formula is C16H25FN4. The summed E-state index contributed by atoms with van der Waals surface area (Å²) in [5, 5.41) is 0. The highest BCUT2D eigenvalue weighted by molar-refractivity contribution is 5.40. The maximum atomic E-state index is 14.1. The lowest BCUT2D eigenvalue weighted by molar-refractivity contribution is 0.0449. The van der Waals surface area contributed by atoms with E-state index in [2.05, 4.69) is 28.7 Å². The van der Waals surface area contributed by atoms with Crippen LogP contribution in [0, 0.1) is 12.7 Å². The molecule has 0 saturated carbocycles. The summed E-state index contributed by atoms with van der Waals surface area (Å²) in [6.45, 7) is 7.63. The van der Waals surface area contributed by atoms with Crippen molar-refractivity contribution in [3.05, 3.63) is 17.8 Å². The summed E-state index contributed by atoms with van der Waals surface area (Å²) in [5.74, 6) is 0.736. The average molecular weight is 292 g/mol. The van der Waals surface area contributed by atoms with Gasteiger partial charge in [0.05, 0.1) is 6.20 Å². The van der Waals surface area contributed by atoms with Gasteiger partial charge in [0, 0.05) is 24.7 Å². The monoisotopic (exact) mass is 292 g/mol. The molecule has 3 heterocycles. The molecule has 0 aromatic carbocycles. The standard InChI is InChI=1S/C16H25FN4/c1-11-18-10-14(17)15(19-11)20(4)13-8-12-6-5-7-21(12)16(2,3)9-13/h10,12-13H,5-9H2,1-4H3/t12-,13+/m0/s1. The van der Waals surface area contributed by atoms with E-state index in [9.17, 15) is 4.39 Å². The van der Waals surface area contributed by atoms with Crippen LogP contribution in [0.15, 0.2) is 6.20 Å². The van der Waals surface area contributed by atoms with Gasteiger partial charge in [-0.25, -0.2) is 14.4 Å². The fourth-order valence-corrected chi connectivity index (χ4v) is 4.13. The zero-order valence-electron chi connectivity index (χ0n) is 13.4. The van der Waals surface area contributed by atoms with Crippen molar-refractivity contribution < 1.29 is 4.39 Å². The molecule has 21 heavy (non-hydrogen) atoms. The van der Waals surface area contributed by atoms with Gasteiger partial charge in [0.1, 0.15) is 5.82 Å². The van der Waals surface area contributed by atoms with E-state index in [1.54, 1.807) is 6.92 Å². The van der Waals surface area contributed by atoms with Crippen molar-refractivity contribution in [2.24, 2.45) is 0 Å². The molecule has 0 aliphatic carbocycles. The zero-order valence-corrected chi connectivity index (χ0v) is 13.4. The molecule has 0 N–H and O–H groups in total. The van der Waals surface area contributed by atoms with Crippen LogP contribution < -0.4 is 4.90 Å². The smallest absolute Gasteiger partial charge is 0.183 e. The molecule has 3 rings (SSSR count). The Labute approximate surface area is 126 Å². The molecule has 4 nitrogen and oxygen atoms in total. The molecule has 2 atom stereocenters. The maximum absolute atomic E-state index is 14.1. The Morgan fingerprint density at radius 1 is 1.43 bits per heavy atom. The Morgan fingerprint density at radius 3 is 2.95 bits per heavy atom. The second kappa shape index (κ2) is 5.20. The predicted molar refractivity (Wildman–Crippen MR) is 82.0 cm³/mol. The van der Waals surface area contributed by atoms with Gasteiger partial charge in [-0.3, -0.25) is 4.90 Å². The van der Waals surface area contributed by atoms with E-state index in [0.717, 1.165) is 12.8 Å². The van der Waals surface area contributed by atoms with Crippen LogP contribution in [0.5, 0.6) is 0 Å². The number of aromatic nitrogens is 2. The van der Waals surface area contributed by atoms with Gasteiger partial charge in [-0.05, 0) is 53.0 Å². The fourth-order valence-electron chi connectivity index (χ4n) is 4.13. The van der Waals surface area contributed by atoms with E-state index in [4.69, 9.17) is 0 Å². The number of rotatable bonds is 2. The number of halogens is 1. The van der Waals surface area contributed by atoms with Gasteiger partial charge in [-0.15, -0.1) is 0 Å². The number of nitrogens with zero attached hydrogens (tertiary/aromatic N) is 4. The topological polar surface area (TPSA) is 32.3 Å². The van der Waals surface area contributed by atoms with E-state index >= 15 is 0 Å². The summed E-state index contributed by atoms with van der Waals surface area (Å²) in [4.78, 5) is 12.9. The predicted octanol–water partition coefficient (Wildman–Crippen LogP) is 2.77. The first-order chi connectivity index (χ1) is 9.88. The highest BCUT2D eigenvalue weighted by Crippen LogP contribution is 2.39. The average Bonchev–Trinajstić information content (AvgIpc) is 2.89. The van der Waals surface area contributed by atoms with Crippen LogP contribution in [0.4, 0.5) is 10.2 Å². The summed E-state index contributed by atoms with van der Waals surface area (Å²) in [6, 6.07) is 0.968. The Hall–Kier alpha value is -1.23. The van der Waals surface area contributed by atoms with Gasteiger partial charge >= 0.3 is 0 Å². The second-order valence-electron chi connectivity index (χ2n) is 7.10. The van der Waals surface area contributed by atoms with E-state index in [1.807, 2.05) is 11.9 Å². The summed E-state index contributed by atoms with van der Waals surface area (Å²) >= 11 is 0. The Bertz CT molecular complexity index is 531. The molecule has 1 aromatic rings. The molecule has 0 unspecified atom stereocenters. The third kappa shape index (κ3) is 2.63. The Morgan fingerprint density at radius 2 is 2.19 bits per heavy atom. The SMILES string of the molecule is Cc1ncc(F)c(N(C)[C@@H]2C[C@@H]3CCCN3C(C)(C)C2)n1. The molecule has 0 bridgehead atoms. The number of anilines is 1. The summed E-state index contributed by atoms with van der Waals surface area (Å²) < 4.78 is 14.1. The van der Waals surface area contributed by atoms with E-state index < -0.39 is 0 Å². The van der Waals surface area contributed by atoms with Crippen molar-refractivity contribution in [3.8, 4) is 0 Å². The highest BCUT2D eigenvalue weighted by Gasteiger charge is 2.44. The van der Waals surface area contributed by atoms with E-state index in [0.29, 0.717) is 23.7 Å². The van der Waals surface area contributed by atoms with Gasteiger partial charge in [0.15, 0.2) is 11.6 Å². The molecule has 2 fully saturated rings. The molecular weight excluding hydrogens is 267 g/mol. The lowest BCUT2D eigenvalue weighted by Crippen LogP contribution is -2.57. The van der Waals surface area contributed by atoms with Crippen LogP contribution in [-0.4, -0.2) is 46.1 Å². The van der Waals surface area contributed by atoms with Crippen LogP contribution >= 0.6 is 0 Å². The van der Waals surface area contributed by atoms with Crippen LogP contribution in [0.2, 0.25) is 0 Å². The molecule has 2 aliphatic heterocycles. The maximum Gasteiger partial charge on any atom is 0.183 e. The minimum absolute atomic E-state index is 0.177. The van der Waals surface area contributed by atoms with E-state index in [-0.39, 0.29) is 11.4 Å². The van der Waals surface area contributed by atoms with Gasteiger partial charge in [-0.1, -0.05) is 0 Å². The van der Waals surface area contributed by atoms with Gasteiger partial charge in [0.2, 0.25) is 0 Å². The first-order valence-electron chi connectivity index (χ1n) is 7.87. The minimum atomic E-state index is -0.324. The number of piperidine rings is 1.